The number of benzene rings is 2. The van der Waals surface area contributed by atoms with Gasteiger partial charge in [-0.1, -0.05) is 93.7 Å². The second-order valence-electron chi connectivity index (χ2n) is 38.5. The number of ether oxygens (including phenoxy) is 5. The number of ketones is 2. The van der Waals surface area contributed by atoms with Crippen LogP contribution in [0.5, 0.6) is 17.2 Å². The number of β-amino-alcohol motifs (C(OH)–C–C–N with tert-alkyl or cyclic N) is 1. The van der Waals surface area contributed by atoms with Crippen LogP contribution in [0.1, 0.15) is 192 Å². The van der Waals surface area contributed by atoms with Crippen LogP contribution in [0.4, 0.5) is 5.82 Å². The highest BCUT2D eigenvalue weighted by Crippen LogP contribution is 2.60. The number of fused-ring (bicyclic) bond motifs is 4. The van der Waals surface area contributed by atoms with E-state index in [1.165, 1.54) is 17.7 Å². The summed E-state index contributed by atoms with van der Waals surface area (Å²) in [5.74, 6) is 1.44. The van der Waals surface area contributed by atoms with E-state index in [4.69, 9.17) is 50.4 Å². The Kier molecular flexibility index (Phi) is 27.7. The van der Waals surface area contributed by atoms with E-state index in [1.807, 2.05) is 162 Å². The van der Waals surface area contributed by atoms with Crippen molar-refractivity contribution in [1.82, 2.24) is 49.1 Å². The molecule has 8 aliphatic rings. The van der Waals surface area contributed by atoms with Crippen LogP contribution in [-0.4, -0.2) is 222 Å². The average molecular weight is 1670 g/mol. The lowest BCUT2D eigenvalue weighted by Crippen LogP contribution is -2.48. The van der Waals surface area contributed by atoms with E-state index in [0.29, 0.717) is 108 Å². The molecule has 27 nitrogen and oxygen atoms in total. The molecule has 6 saturated carbocycles. The zero-order chi connectivity index (χ0) is 86.1. The first-order valence-corrected chi connectivity index (χ1v) is 43.4. The summed E-state index contributed by atoms with van der Waals surface area (Å²) in [6.07, 6.45) is 11.0. The molecular weight excluding hydrogens is 1540 g/mol. The summed E-state index contributed by atoms with van der Waals surface area (Å²) in [5, 5.41) is 45.2. The minimum atomic E-state index is -1.13. The number of rotatable bonds is 34. The van der Waals surface area contributed by atoms with Crippen molar-refractivity contribution in [3.8, 4) is 28.9 Å². The first-order chi connectivity index (χ1) is 56.2. The molecule has 119 heavy (non-hydrogen) atoms. The number of carboxylic acids is 2. The minimum Gasteiger partial charge on any atom is -0.492 e. The summed E-state index contributed by atoms with van der Waals surface area (Å²) < 4.78 is 33.7. The van der Waals surface area contributed by atoms with Gasteiger partial charge in [0.15, 0.2) is 23.2 Å². The number of hydrogen-bond acceptors (Lipinski definition) is 21. The zero-order valence-corrected chi connectivity index (χ0v) is 73.2. The number of carbonyl (C=O) groups is 8. The van der Waals surface area contributed by atoms with Crippen LogP contribution in [0.2, 0.25) is 5.02 Å². The predicted molar refractivity (Wildman–Crippen MR) is 452 cm³/mol. The topological polar surface area (TPSA) is 330 Å². The molecule has 14 rings (SSSR count). The van der Waals surface area contributed by atoms with Gasteiger partial charge in [-0.25, -0.2) is 19.3 Å². The molecule has 4 aromatic heterocycles. The highest BCUT2D eigenvalue weighted by molar-refractivity contribution is 6.35. The molecule has 2 saturated heterocycles. The molecule has 28 heteroatoms. The van der Waals surface area contributed by atoms with Gasteiger partial charge in [0.1, 0.15) is 54.6 Å². The van der Waals surface area contributed by atoms with Crippen molar-refractivity contribution < 1.29 is 77.4 Å². The second kappa shape index (κ2) is 36.9. The molecule has 6 aromatic rings. The zero-order valence-electron chi connectivity index (χ0n) is 72.4. The van der Waals surface area contributed by atoms with Gasteiger partial charge in [-0.3, -0.25) is 38.4 Å². The minimum absolute atomic E-state index is 0.0140. The molecule has 2 aromatic carbocycles. The first kappa shape index (κ1) is 89.5. The molecule has 4 N–H and O–H groups in total. The van der Waals surface area contributed by atoms with Gasteiger partial charge in [-0.2, -0.15) is 5.10 Å². The summed E-state index contributed by atoms with van der Waals surface area (Å²) in [6, 6.07) is 17.5. The second-order valence-corrected chi connectivity index (χ2v) is 38.9. The Labute approximate surface area is 704 Å². The highest BCUT2D eigenvalue weighted by atomic mass is 35.5. The summed E-state index contributed by atoms with van der Waals surface area (Å²) in [6.45, 7) is 26.5. The number of amides is 2. The van der Waals surface area contributed by atoms with Crippen molar-refractivity contribution in [2.45, 2.75) is 235 Å². The number of likely N-dealkylation sites (N-methyl/N-ethyl adjacent to an activating group) is 2. The van der Waals surface area contributed by atoms with Crippen molar-refractivity contribution in [3.63, 3.8) is 0 Å². The van der Waals surface area contributed by atoms with E-state index < -0.39 is 81.7 Å². The van der Waals surface area contributed by atoms with Gasteiger partial charge < -0.3 is 63.9 Å². The normalized spacial score (nSPS) is 26.3. The van der Waals surface area contributed by atoms with Gasteiger partial charge >= 0.3 is 23.9 Å². The van der Waals surface area contributed by atoms with Crippen molar-refractivity contribution in [1.29, 1.82) is 0 Å². The third-order valence-corrected chi connectivity index (χ3v) is 26.0. The van der Waals surface area contributed by atoms with Crippen LogP contribution in [0.3, 0.4) is 0 Å². The smallest absolute Gasteiger partial charge is 0.310 e. The van der Waals surface area contributed by atoms with E-state index in [0.717, 1.165) is 78.7 Å². The maximum atomic E-state index is 14.8. The van der Waals surface area contributed by atoms with Crippen LogP contribution in [-0.2, 0) is 54.3 Å². The average Bonchev–Trinajstić information content (AvgIpc) is 1.56. The van der Waals surface area contributed by atoms with Crippen LogP contribution in [0.15, 0.2) is 73.1 Å². The molecule has 2 amide bonds. The molecule has 6 aliphatic carbocycles. The van der Waals surface area contributed by atoms with E-state index >= 15 is 0 Å². The molecule has 8 fully saturated rings. The molecule has 16 atom stereocenters. The third kappa shape index (κ3) is 21.9. The van der Waals surface area contributed by atoms with Gasteiger partial charge in [0.2, 0.25) is 11.8 Å². The fraction of sp³-hybridized carbons (Fsp3) is 0.648. The van der Waals surface area contributed by atoms with Crippen molar-refractivity contribution in [2.24, 2.45) is 74.9 Å². The number of likely N-dealkylation sites (tertiary alicyclic amines) is 2. The van der Waals surface area contributed by atoms with Crippen LogP contribution in [0.25, 0.3) is 33.4 Å². The molecule has 0 spiro atoms. The fourth-order valence-corrected chi connectivity index (χ4v) is 18.6. The van der Waals surface area contributed by atoms with Gasteiger partial charge in [-0.15, -0.1) is 5.10 Å². The number of halogens is 1. The number of aliphatic hydroxyl groups excluding tert-OH is 1. The van der Waals surface area contributed by atoms with Crippen molar-refractivity contribution in [2.75, 3.05) is 72.9 Å². The summed E-state index contributed by atoms with van der Waals surface area (Å²) in [5.41, 5.74) is -1.02. The highest BCUT2D eigenvalue weighted by Gasteiger charge is 2.63. The SMILES string of the molecule is CC(C)Nc1ccn(-c2cc(Cl)c3ccc(OCCN(C)C)cc3n2)n1.CC[C@@H]1C[C@]1(CC(=O)[C@@H]1CC(O)CN1C(=O)[C@@H](CC(=O)OC1CC2C[C@H]2C1)C(C)(C)C)C(=O)O.CC[C@@H]1C[C@]1(CC(=O)[C@@H]1CC(Oc2cc(-n3ccc(CC(C)C)n3)nc3cc(OCCN(C)C)ccc23)CN1C(=O)[C@@H](CC(=O)OC1CC2C[C@H]2C1)C(C)(C)C)C(=O)O. The lowest BCUT2D eigenvalue weighted by atomic mass is 9.77. The Bertz CT molecular complexity index is 4660. The van der Waals surface area contributed by atoms with E-state index in [2.05, 4.69) is 43.0 Å². The molecule has 6 heterocycles. The molecule has 6 unspecified atom stereocenters. The van der Waals surface area contributed by atoms with E-state index in [1.54, 1.807) is 14.3 Å². The molecule has 2 aliphatic heterocycles. The van der Waals surface area contributed by atoms with Crippen LogP contribution in [0, 0.1) is 74.9 Å². The first-order valence-electron chi connectivity index (χ1n) is 43.1. The summed E-state index contributed by atoms with van der Waals surface area (Å²) in [7, 11) is 8.01. The maximum Gasteiger partial charge on any atom is 0.310 e. The van der Waals surface area contributed by atoms with E-state index in [9.17, 15) is 53.7 Å². The van der Waals surface area contributed by atoms with Gasteiger partial charge in [-0.05, 0) is 182 Å². The Balaban J connectivity index is 0.000000182. The number of nitrogens with one attached hydrogen (secondary N) is 1. The lowest BCUT2D eigenvalue weighted by Gasteiger charge is -2.35. The Morgan fingerprint density at radius 2 is 1.04 bits per heavy atom. The van der Waals surface area contributed by atoms with Gasteiger partial charge in [0.05, 0.1) is 82.0 Å². The molecule has 648 valence electrons. The maximum absolute atomic E-state index is 14.8. The number of Topliss-reactive ketones (excluding diaryl/α,β-unsaturated/α-hetero) is 2. The Hall–Kier alpha value is -8.79. The molecular formula is C91H126ClN11O16. The van der Waals surface area contributed by atoms with E-state index in [-0.39, 0.29) is 99.0 Å². The number of aromatic nitrogens is 6. The standard InChI is InChI=1S/C46H63N5O8.C26H39NO7.C19H24ClN5O/c1-9-30-24-46(30,44(55)56)25-39(52)38-21-34(26-50(38)43(54)36(45(4,5)6)22-42(53)59-33-18-28-17-29(28)19-33)58-40-23-41(51-13-12-31(48-51)16-27(2)3)47-37-20-32(10-11-35(37)40)57-15-14-49(7)8;1-5-16-11-26(16,24(32)33)12-21(29)20-9-17(28)13-27(20)23(31)19(25(2,3)4)10-22(30)34-18-7-14-6-15(14)8-18;1-13(2)21-18-7-8-25(23-18)19-12-16(20)15-6-5-14(11-17(15)22-19)26-10-9-24(3)4/h10-13,20,23,27-30,33-34,36,38H,9,14-19,21-22,24-26H2,1-8H3,(H,55,56);14-20,28H,5-13H2,1-4H3,(H,32,33);5-8,11-13H,9-10H2,1-4H3,(H,21,23)/t28-,29?,30+,33?,34?,36+,38-,46+;14-,15?,16+,17?,18?,19+,20-,26+;/m00./s1. The number of carboxylic acid groups (broad SMARTS) is 2. The number of pyridine rings is 2. The van der Waals surface area contributed by atoms with Crippen molar-refractivity contribution in [3.05, 3.63) is 83.8 Å². The Morgan fingerprint density at radius 3 is 1.50 bits per heavy atom. The summed E-state index contributed by atoms with van der Waals surface area (Å²) >= 11 is 6.46. The number of aliphatic hydroxyl groups is 1. The van der Waals surface area contributed by atoms with Crippen LogP contribution >= 0.6 is 11.6 Å². The summed E-state index contributed by atoms with van der Waals surface area (Å²) in [4.78, 5) is 123. The number of carbonyl (C=O) groups excluding carboxylic acids is 6. The van der Waals surface area contributed by atoms with Gasteiger partial charge in [0, 0.05) is 105 Å². The number of hydrogen-bond donors (Lipinski definition) is 4. The molecule has 0 radical (unpaired) electrons. The lowest BCUT2D eigenvalue weighted by molar-refractivity contribution is -0.157. The number of anilines is 1. The van der Waals surface area contributed by atoms with Crippen LogP contribution < -0.4 is 19.5 Å². The molecule has 0 bridgehead atoms. The third-order valence-electron chi connectivity index (χ3n) is 25.7. The van der Waals surface area contributed by atoms with Crippen molar-refractivity contribution >= 4 is 86.5 Å². The quantitative estimate of drug-likeness (QED) is 0.0273. The number of esters is 2. The number of aliphatic carboxylic acids is 2. The predicted octanol–water partition coefficient (Wildman–Crippen LogP) is 13.4. The largest absolute Gasteiger partial charge is 0.492 e. The monoisotopic (exact) mass is 1660 g/mol. The Morgan fingerprint density at radius 1 is 0.580 bits per heavy atom. The fourth-order valence-electron chi connectivity index (χ4n) is 18.4. The van der Waals surface area contributed by atoms with Gasteiger partial charge in [0.25, 0.3) is 0 Å². The number of nitrogens with zero attached hydrogens (tertiary/aromatic N) is 10.